The molecule has 0 bridgehead atoms. The fraction of sp³-hybridized carbons (Fsp3) is 0.929. The summed E-state index contributed by atoms with van der Waals surface area (Å²) in [6, 6.07) is 0. The lowest BCUT2D eigenvalue weighted by Crippen LogP contribution is -2.55. The molecule has 3 N–H and O–H groups in total. The average Bonchev–Trinajstić information content (AvgIpc) is 2.27. The summed E-state index contributed by atoms with van der Waals surface area (Å²) < 4.78 is 0. The lowest BCUT2D eigenvalue weighted by molar-refractivity contribution is -0.125. The molecule has 1 amide bonds. The van der Waals surface area contributed by atoms with E-state index in [4.69, 9.17) is 5.73 Å². The Bertz CT molecular complexity index is 265. The van der Waals surface area contributed by atoms with Crippen molar-refractivity contribution in [2.24, 2.45) is 17.6 Å². The smallest absolute Gasteiger partial charge is 0.220 e. The fourth-order valence-electron chi connectivity index (χ4n) is 3.00. The summed E-state index contributed by atoms with van der Waals surface area (Å²) in [7, 11) is 0. The molecule has 0 heterocycles. The molecule has 0 aromatic carbocycles. The van der Waals surface area contributed by atoms with Gasteiger partial charge in [-0.05, 0) is 50.4 Å². The molecule has 2 aliphatic rings. The number of hydrogen-bond donors (Lipinski definition) is 2. The minimum Gasteiger partial charge on any atom is -0.349 e. The number of hydrogen-bond acceptors (Lipinski definition) is 2. The summed E-state index contributed by atoms with van der Waals surface area (Å²) in [5.74, 6) is 1.67. The van der Waals surface area contributed by atoms with E-state index in [0.717, 1.165) is 25.2 Å². The lowest BCUT2D eigenvalue weighted by Gasteiger charge is -2.40. The maximum Gasteiger partial charge on any atom is 0.220 e. The Morgan fingerprint density at radius 1 is 1.29 bits per heavy atom. The highest BCUT2D eigenvalue weighted by atomic mass is 16.1. The van der Waals surface area contributed by atoms with Gasteiger partial charge in [0.2, 0.25) is 5.91 Å². The summed E-state index contributed by atoms with van der Waals surface area (Å²) in [5, 5.41) is 3.24. The van der Waals surface area contributed by atoms with Crippen molar-refractivity contribution >= 4 is 5.91 Å². The van der Waals surface area contributed by atoms with Gasteiger partial charge in [-0.1, -0.05) is 13.3 Å². The van der Waals surface area contributed by atoms with Crippen LogP contribution >= 0.6 is 0 Å². The van der Waals surface area contributed by atoms with Crippen LogP contribution in [0.1, 0.15) is 58.3 Å². The maximum atomic E-state index is 12.0. The lowest BCUT2D eigenvalue weighted by atomic mass is 9.76. The van der Waals surface area contributed by atoms with E-state index in [1.54, 1.807) is 0 Å². The molecule has 0 aromatic rings. The van der Waals surface area contributed by atoms with Crippen LogP contribution in [-0.4, -0.2) is 18.0 Å². The first-order chi connectivity index (χ1) is 8.13. The summed E-state index contributed by atoms with van der Waals surface area (Å²) in [5.41, 5.74) is 5.80. The molecular weight excluding hydrogens is 212 g/mol. The zero-order valence-electron chi connectivity index (χ0n) is 11.0. The van der Waals surface area contributed by atoms with Crippen LogP contribution in [0.4, 0.5) is 0 Å². The predicted octanol–water partition coefficient (Wildman–Crippen LogP) is 2.20. The van der Waals surface area contributed by atoms with Crippen molar-refractivity contribution in [3.8, 4) is 0 Å². The number of rotatable bonds is 4. The van der Waals surface area contributed by atoms with E-state index in [1.807, 2.05) is 0 Å². The standard InChI is InChI=1S/C14H26N2O/c1-11-5-7-14(10-15,8-6-11)16-13(17)9-12-3-2-4-12/h11-12H,2-10,15H2,1H3,(H,16,17). The number of nitrogens with two attached hydrogens (primary N) is 1. The Balaban J connectivity index is 1.83. The first kappa shape index (κ1) is 12.9. The molecule has 3 heteroatoms. The van der Waals surface area contributed by atoms with Crippen molar-refractivity contribution in [1.82, 2.24) is 5.32 Å². The molecule has 0 aliphatic heterocycles. The molecule has 2 saturated carbocycles. The largest absolute Gasteiger partial charge is 0.349 e. The second-order valence-electron chi connectivity index (χ2n) is 6.22. The van der Waals surface area contributed by atoms with Gasteiger partial charge in [0, 0.05) is 13.0 Å². The molecule has 98 valence electrons. The summed E-state index contributed by atoms with van der Waals surface area (Å²) in [6.07, 6.45) is 9.00. The third-order valence-corrected chi connectivity index (χ3v) is 4.73. The quantitative estimate of drug-likeness (QED) is 0.789. The maximum absolute atomic E-state index is 12.0. The Morgan fingerprint density at radius 2 is 1.94 bits per heavy atom. The molecule has 3 nitrogen and oxygen atoms in total. The van der Waals surface area contributed by atoms with Gasteiger partial charge in [0.25, 0.3) is 0 Å². The second kappa shape index (κ2) is 5.38. The van der Waals surface area contributed by atoms with Crippen LogP contribution in [0.5, 0.6) is 0 Å². The molecule has 17 heavy (non-hydrogen) atoms. The number of amides is 1. The third-order valence-electron chi connectivity index (χ3n) is 4.73. The van der Waals surface area contributed by atoms with Gasteiger partial charge in [-0.25, -0.2) is 0 Å². The first-order valence-corrected chi connectivity index (χ1v) is 7.15. The Morgan fingerprint density at radius 3 is 2.41 bits per heavy atom. The van der Waals surface area contributed by atoms with Crippen LogP contribution in [0.15, 0.2) is 0 Å². The number of carbonyl (C=O) groups is 1. The molecule has 2 fully saturated rings. The average molecular weight is 238 g/mol. The highest BCUT2D eigenvalue weighted by molar-refractivity contribution is 5.77. The number of carbonyl (C=O) groups excluding carboxylic acids is 1. The molecule has 0 radical (unpaired) electrons. The molecule has 0 unspecified atom stereocenters. The van der Waals surface area contributed by atoms with E-state index in [0.29, 0.717) is 12.5 Å². The molecule has 0 aromatic heterocycles. The van der Waals surface area contributed by atoms with E-state index in [9.17, 15) is 4.79 Å². The zero-order valence-corrected chi connectivity index (χ0v) is 11.0. The summed E-state index contributed by atoms with van der Waals surface area (Å²) in [6.45, 7) is 2.88. The van der Waals surface area contributed by atoms with E-state index in [-0.39, 0.29) is 11.4 Å². The third kappa shape index (κ3) is 3.21. The van der Waals surface area contributed by atoms with E-state index >= 15 is 0 Å². The monoisotopic (exact) mass is 238 g/mol. The van der Waals surface area contributed by atoms with Crippen LogP contribution in [0.3, 0.4) is 0 Å². The van der Waals surface area contributed by atoms with E-state index in [1.165, 1.54) is 32.1 Å². The first-order valence-electron chi connectivity index (χ1n) is 7.15. The van der Waals surface area contributed by atoms with Crippen LogP contribution < -0.4 is 11.1 Å². The van der Waals surface area contributed by atoms with Gasteiger partial charge in [-0.15, -0.1) is 0 Å². The Kier molecular flexibility index (Phi) is 4.08. The minimum atomic E-state index is -0.0899. The molecule has 2 rings (SSSR count). The van der Waals surface area contributed by atoms with Crippen LogP contribution in [0, 0.1) is 11.8 Å². The van der Waals surface area contributed by atoms with Crippen LogP contribution in [-0.2, 0) is 4.79 Å². The van der Waals surface area contributed by atoms with Gasteiger partial charge in [-0.2, -0.15) is 0 Å². The molecular formula is C14H26N2O. The van der Waals surface area contributed by atoms with Gasteiger partial charge in [0.05, 0.1) is 5.54 Å². The molecule has 0 saturated heterocycles. The zero-order chi connectivity index (χ0) is 12.3. The Labute approximate surface area is 105 Å². The van der Waals surface area contributed by atoms with Gasteiger partial charge >= 0.3 is 0 Å². The highest BCUT2D eigenvalue weighted by Crippen LogP contribution is 2.33. The SMILES string of the molecule is CC1CCC(CN)(NC(=O)CC2CCC2)CC1. The number of nitrogens with one attached hydrogen (secondary N) is 1. The normalized spacial score (nSPS) is 34.1. The van der Waals surface area contributed by atoms with Crippen molar-refractivity contribution in [2.75, 3.05) is 6.54 Å². The van der Waals surface area contributed by atoms with Gasteiger partial charge in [0.1, 0.15) is 0 Å². The Hall–Kier alpha value is -0.570. The van der Waals surface area contributed by atoms with Crippen molar-refractivity contribution in [3.63, 3.8) is 0 Å². The van der Waals surface area contributed by atoms with Crippen molar-refractivity contribution < 1.29 is 4.79 Å². The van der Waals surface area contributed by atoms with E-state index < -0.39 is 0 Å². The van der Waals surface area contributed by atoms with Crippen LogP contribution in [0.25, 0.3) is 0 Å². The highest BCUT2D eigenvalue weighted by Gasteiger charge is 2.34. The van der Waals surface area contributed by atoms with Crippen LogP contribution in [0.2, 0.25) is 0 Å². The molecule has 0 spiro atoms. The summed E-state index contributed by atoms with van der Waals surface area (Å²) in [4.78, 5) is 12.0. The van der Waals surface area contributed by atoms with Crippen molar-refractivity contribution in [2.45, 2.75) is 63.8 Å². The van der Waals surface area contributed by atoms with E-state index in [2.05, 4.69) is 12.2 Å². The molecule has 0 atom stereocenters. The second-order valence-corrected chi connectivity index (χ2v) is 6.22. The summed E-state index contributed by atoms with van der Waals surface area (Å²) >= 11 is 0. The van der Waals surface area contributed by atoms with Crippen molar-refractivity contribution in [1.29, 1.82) is 0 Å². The van der Waals surface area contributed by atoms with Gasteiger partial charge in [-0.3, -0.25) is 4.79 Å². The minimum absolute atomic E-state index is 0.0899. The fourth-order valence-corrected chi connectivity index (χ4v) is 3.00. The van der Waals surface area contributed by atoms with Gasteiger partial charge in [0.15, 0.2) is 0 Å². The topological polar surface area (TPSA) is 55.1 Å². The van der Waals surface area contributed by atoms with Gasteiger partial charge < -0.3 is 11.1 Å². The predicted molar refractivity (Wildman–Crippen MR) is 69.5 cm³/mol. The molecule has 2 aliphatic carbocycles. The van der Waals surface area contributed by atoms with Crippen molar-refractivity contribution in [3.05, 3.63) is 0 Å².